The SMILES string of the molecule is Cc1cccc(NS(=O)(=O)c2ccc(N3C(=O)C(C)CS3(=O)=O)cc2C)c1. The minimum atomic E-state index is -3.86. The molecule has 2 aromatic carbocycles. The summed E-state index contributed by atoms with van der Waals surface area (Å²) >= 11 is 0. The third-order valence-electron chi connectivity index (χ3n) is 4.31. The molecule has 1 heterocycles. The first-order chi connectivity index (χ1) is 12.5. The predicted molar refractivity (Wildman–Crippen MR) is 104 cm³/mol. The summed E-state index contributed by atoms with van der Waals surface area (Å²) in [6.45, 7) is 4.97. The molecule has 0 bridgehead atoms. The second kappa shape index (κ2) is 6.65. The van der Waals surface area contributed by atoms with Crippen LogP contribution in [0, 0.1) is 19.8 Å². The zero-order chi connectivity index (χ0) is 20.0. The molecule has 3 rings (SSSR count). The van der Waals surface area contributed by atoms with E-state index in [-0.39, 0.29) is 16.3 Å². The number of nitrogens with one attached hydrogen (secondary N) is 1. The van der Waals surface area contributed by atoms with E-state index < -0.39 is 31.9 Å². The molecule has 1 N–H and O–H groups in total. The van der Waals surface area contributed by atoms with Crippen LogP contribution < -0.4 is 9.03 Å². The zero-order valence-electron chi connectivity index (χ0n) is 15.1. The van der Waals surface area contributed by atoms with Gasteiger partial charge in [0.2, 0.25) is 15.9 Å². The van der Waals surface area contributed by atoms with E-state index in [0.717, 1.165) is 9.87 Å². The van der Waals surface area contributed by atoms with Crippen molar-refractivity contribution >= 4 is 37.3 Å². The molecular formula is C18H20N2O5S2. The van der Waals surface area contributed by atoms with Crippen LogP contribution in [0.1, 0.15) is 18.1 Å². The van der Waals surface area contributed by atoms with Gasteiger partial charge in [-0.05, 0) is 55.3 Å². The molecule has 0 aromatic heterocycles. The third kappa shape index (κ3) is 3.70. The van der Waals surface area contributed by atoms with Crippen LogP contribution in [0.4, 0.5) is 11.4 Å². The highest BCUT2D eigenvalue weighted by Gasteiger charge is 2.42. The third-order valence-corrected chi connectivity index (χ3v) is 7.72. The Morgan fingerprint density at radius 3 is 2.37 bits per heavy atom. The first-order valence-corrected chi connectivity index (χ1v) is 11.4. The molecule has 1 saturated heterocycles. The maximum Gasteiger partial charge on any atom is 0.262 e. The van der Waals surface area contributed by atoms with Crippen LogP contribution in [-0.4, -0.2) is 28.5 Å². The molecule has 2 aromatic rings. The van der Waals surface area contributed by atoms with Gasteiger partial charge in [0.15, 0.2) is 0 Å². The molecule has 0 aliphatic carbocycles. The molecule has 1 aliphatic heterocycles. The van der Waals surface area contributed by atoms with Gasteiger partial charge in [0, 0.05) is 5.69 Å². The molecule has 0 saturated carbocycles. The van der Waals surface area contributed by atoms with Crippen LogP contribution in [0.15, 0.2) is 47.4 Å². The highest BCUT2D eigenvalue weighted by Crippen LogP contribution is 2.31. The number of benzene rings is 2. The number of anilines is 2. The summed E-state index contributed by atoms with van der Waals surface area (Å²) in [5.41, 5.74) is 1.84. The first kappa shape index (κ1) is 19.4. The van der Waals surface area contributed by atoms with Crippen molar-refractivity contribution in [2.45, 2.75) is 25.7 Å². The quantitative estimate of drug-likeness (QED) is 0.837. The Morgan fingerprint density at radius 2 is 1.81 bits per heavy atom. The second-order valence-electron chi connectivity index (χ2n) is 6.71. The van der Waals surface area contributed by atoms with Crippen LogP contribution in [0.25, 0.3) is 0 Å². The monoisotopic (exact) mass is 408 g/mol. The average Bonchev–Trinajstić information content (AvgIpc) is 2.74. The number of carbonyl (C=O) groups is 1. The number of rotatable bonds is 4. The number of hydrogen-bond acceptors (Lipinski definition) is 5. The Balaban J connectivity index is 1.96. The molecule has 0 spiro atoms. The molecule has 9 heteroatoms. The molecule has 7 nitrogen and oxygen atoms in total. The summed E-state index contributed by atoms with van der Waals surface area (Å²) in [6, 6.07) is 11.0. The van der Waals surface area contributed by atoms with Crippen LogP contribution >= 0.6 is 0 Å². The van der Waals surface area contributed by atoms with Gasteiger partial charge < -0.3 is 0 Å². The molecule has 0 radical (unpaired) electrons. The largest absolute Gasteiger partial charge is 0.280 e. The fraction of sp³-hybridized carbons (Fsp3) is 0.278. The Morgan fingerprint density at radius 1 is 1.11 bits per heavy atom. The standard InChI is InChI=1S/C18H20N2O5S2/c1-12-5-4-6-15(9-12)19-27(24,25)17-8-7-16(10-13(17)2)20-18(21)14(3)11-26(20,22)23/h4-10,14,19H,11H2,1-3H3. The van der Waals surface area contributed by atoms with E-state index in [1.54, 1.807) is 32.0 Å². The van der Waals surface area contributed by atoms with E-state index in [1.165, 1.54) is 18.2 Å². The predicted octanol–water partition coefficient (Wildman–Crippen LogP) is 2.42. The Hall–Kier alpha value is -2.39. The zero-order valence-corrected chi connectivity index (χ0v) is 16.8. The minimum Gasteiger partial charge on any atom is -0.280 e. The number of hydrogen-bond donors (Lipinski definition) is 1. The highest BCUT2D eigenvalue weighted by molar-refractivity contribution is 7.94. The molecule has 1 atom stereocenters. The van der Waals surface area contributed by atoms with Crippen molar-refractivity contribution in [1.29, 1.82) is 0 Å². The van der Waals surface area contributed by atoms with Gasteiger partial charge in [-0.25, -0.2) is 21.1 Å². The normalized spacial score (nSPS) is 19.3. The van der Waals surface area contributed by atoms with Gasteiger partial charge in [-0.3, -0.25) is 9.52 Å². The molecule has 1 aliphatic rings. The maximum absolute atomic E-state index is 12.7. The van der Waals surface area contributed by atoms with E-state index >= 15 is 0 Å². The number of amides is 1. The first-order valence-electron chi connectivity index (χ1n) is 8.28. The number of nitrogens with zero attached hydrogens (tertiary/aromatic N) is 1. The van der Waals surface area contributed by atoms with Gasteiger partial charge in [0.1, 0.15) is 0 Å². The lowest BCUT2D eigenvalue weighted by Gasteiger charge is -2.17. The molecule has 144 valence electrons. The van der Waals surface area contributed by atoms with Crippen molar-refractivity contribution in [2.75, 3.05) is 14.8 Å². The highest BCUT2D eigenvalue weighted by atomic mass is 32.2. The Bertz CT molecular complexity index is 1120. The Kier molecular flexibility index (Phi) is 4.77. The van der Waals surface area contributed by atoms with Crippen LogP contribution in [0.5, 0.6) is 0 Å². The van der Waals surface area contributed by atoms with Crippen LogP contribution in [0.3, 0.4) is 0 Å². The van der Waals surface area contributed by atoms with Gasteiger partial charge >= 0.3 is 0 Å². The average molecular weight is 409 g/mol. The second-order valence-corrected chi connectivity index (χ2v) is 10.2. The lowest BCUT2D eigenvalue weighted by molar-refractivity contribution is -0.119. The Labute approximate surface area is 159 Å². The maximum atomic E-state index is 12.7. The van der Waals surface area contributed by atoms with Crippen molar-refractivity contribution in [1.82, 2.24) is 0 Å². The van der Waals surface area contributed by atoms with Gasteiger partial charge in [0.05, 0.1) is 22.3 Å². The number of sulfonamides is 2. The smallest absolute Gasteiger partial charge is 0.262 e. The summed E-state index contributed by atoms with van der Waals surface area (Å²) in [4.78, 5) is 12.2. The summed E-state index contributed by atoms with van der Waals surface area (Å²) < 4.78 is 53.1. The van der Waals surface area contributed by atoms with Gasteiger partial charge in [-0.1, -0.05) is 19.1 Å². The minimum absolute atomic E-state index is 0.0184. The van der Waals surface area contributed by atoms with Gasteiger partial charge in [0.25, 0.3) is 10.0 Å². The van der Waals surface area contributed by atoms with E-state index in [0.29, 0.717) is 11.3 Å². The summed E-state index contributed by atoms with van der Waals surface area (Å²) in [5, 5.41) is 0. The van der Waals surface area contributed by atoms with Gasteiger partial charge in [-0.2, -0.15) is 0 Å². The van der Waals surface area contributed by atoms with Crippen molar-refractivity contribution in [3.05, 3.63) is 53.6 Å². The van der Waals surface area contributed by atoms with E-state index in [9.17, 15) is 21.6 Å². The molecule has 27 heavy (non-hydrogen) atoms. The summed E-state index contributed by atoms with van der Waals surface area (Å²) in [5.74, 6) is -1.38. The molecule has 1 amide bonds. The van der Waals surface area contributed by atoms with Crippen LogP contribution in [-0.2, 0) is 24.8 Å². The number of aryl methyl sites for hydroxylation is 2. The molecular weight excluding hydrogens is 388 g/mol. The van der Waals surface area contributed by atoms with E-state index in [2.05, 4.69) is 4.72 Å². The van der Waals surface area contributed by atoms with Crippen molar-refractivity contribution in [3.63, 3.8) is 0 Å². The summed E-state index contributed by atoms with van der Waals surface area (Å²) in [6.07, 6.45) is 0. The lowest BCUT2D eigenvalue weighted by atomic mass is 10.2. The van der Waals surface area contributed by atoms with E-state index in [1.807, 2.05) is 13.0 Å². The molecule has 1 unspecified atom stereocenters. The van der Waals surface area contributed by atoms with Crippen molar-refractivity contribution in [3.8, 4) is 0 Å². The van der Waals surface area contributed by atoms with Crippen molar-refractivity contribution < 1.29 is 21.6 Å². The topological polar surface area (TPSA) is 101 Å². The van der Waals surface area contributed by atoms with Crippen molar-refractivity contribution in [2.24, 2.45) is 5.92 Å². The fourth-order valence-electron chi connectivity index (χ4n) is 3.07. The van der Waals surface area contributed by atoms with Gasteiger partial charge in [-0.15, -0.1) is 0 Å². The lowest BCUT2D eigenvalue weighted by Crippen LogP contribution is -2.30. The van der Waals surface area contributed by atoms with Crippen LogP contribution in [0.2, 0.25) is 0 Å². The molecule has 1 fully saturated rings. The fourth-order valence-corrected chi connectivity index (χ4v) is 6.16. The number of carbonyl (C=O) groups excluding carboxylic acids is 1. The van der Waals surface area contributed by atoms with E-state index in [4.69, 9.17) is 0 Å². The summed E-state index contributed by atoms with van der Waals surface area (Å²) in [7, 11) is -7.60.